The summed E-state index contributed by atoms with van der Waals surface area (Å²) < 4.78 is 0.979. The van der Waals surface area contributed by atoms with Gasteiger partial charge in [0, 0.05) is 26.5 Å². The number of benzene rings is 2. The largest absolute Gasteiger partial charge is 0.297 e. The van der Waals surface area contributed by atoms with Gasteiger partial charge in [0.1, 0.15) is 10.0 Å². The number of Topliss-reactive ketones (excluding diaryl/α,β-unsaturated/α-hetero) is 1. The van der Waals surface area contributed by atoms with Gasteiger partial charge in [-0.2, -0.15) is 5.26 Å². The van der Waals surface area contributed by atoms with Gasteiger partial charge in [0.2, 0.25) is 0 Å². The highest BCUT2D eigenvalue weighted by Crippen LogP contribution is 2.30. The Kier molecular flexibility index (Phi) is 6.23. The van der Waals surface area contributed by atoms with Crippen LogP contribution in [0.5, 0.6) is 0 Å². The maximum atomic E-state index is 12.8. The smallest absolute Gasteiger partial charge is 0.167 e. The molecule has 0 aliphatic heterocycles. The average molecular weight is 495 g/mol. The molecule has 2 aromatic carbocycles. The van der Waals surface area contributed by atoms with E-state index >= 15 is 0 Å². The van der Waals surface area contributed by atoms with Crippen LogP contribution in [0.4, 0.5) is 0 Å². The van der Waals surface area contributed by atoms with E-state index < -0.39 is 5.92 Å². The molecule has 0 N–H and O–H groups in total. The van der Waals surface area contributed by atoms with Crippen LogP contribution < -0.4 is 0 Å². The Balaban J connectivity index is 1.64. The second-order valence-electron chi connectivity index (χ2n) is 6.52. The number of ketones is 1. The first-order chi connectivity index (χ1) is 14.5. The average Bonchev–Trinajstić information content (AvgIpc) is 3.18. The van der Waals surface area contributed by atoms with Crippen LogP contribution in [-0.4, -0.2) is 26.5 Å². The molecule has 0 amide bonds. The van der Waals surface area contributed by atoms with Crippen LogP contribution >= 0.6 is 39.0 Å². The van der Waals surface area contributed by atoms with E-state index in [1.165, 1.54) is 23.1 Å². The van der Waals surface area contributed by atoms with E-state index in [0.717, 1.165) is 31.7 Å². The number of thiazole rings is 1. The maximum absolute atomic E-state index is 12.8. The lowest BCUT2D eigenvalue weighted by Crippen LogP contribution is -2.13. The van der Waals surface area contributed by atoms with Crippen molar-refractivity contribution in [3.63, 3.8) is 0 Å². The lowest BCUT2D eigenvalue weighted by molar-refractivity contribution is -0.116. The molecule has 1 atom stereocenters. The molecule has 8 heteroatoms. The molecule has 0 bridgehead atoms. The molecule has 4 rings (SSSR count). The van der Waals surface area contributed by atoms with Crippen molar-refractivity contribution in [1.29, 1.82) is 5.26 Å². The molecule has 0 aliphatic carbocycles. The molecule has 4 aromatic rings. The van der Waals surface area contributed by atoms with E-state index in [2.05, 4.69) is 32.0 Å². The molecule has 0 fully saturated rings. The number of aryl methyl sites for hydroxylation is 1. The molecule has 0 unspecified atom stereocenters. The quantitative estimate of drug-likeness (QED) is 0.249. The summed E-state index contributed by atoms with van der Waals surface area (Å²) in [6.07, 6.45) is 0. The second kappa shape index (κ2) is 9.04. The number of nitrogens with zero attached hydrogens (tertiary/aromatic N) is 4. The van der Waals surface area contributed by atoms with Gasteiger partial charge in [-0.3, -0.25) is 4.79 Å². The number of hydrogen-bond acceptors (Lipinski definition) is 7. The minimum Gasteiger partial charge on any atom is -0.297 e. The molecular formula is C22H15BrN4OS2. The van der Waals surface area contributed by atoms with Crippen LogP contribution in [0.3, 0.4) is 0 Å². The van der Waals surface area contributed by atoms with E-state index in [1.54, 1.807) is 0 Å². The van der Waals surface area contributed by atoms with Crippen molar-refractivity contribution < 1.29 is 4.79 Å². The second-order valence-corrected chi connectivity index (χ2v) is 9.29. The number of rotatable bonds is 6. The van der Waals surface area contributed by atoms with Crippen molar-refractivity contribution in [2.75, 3.05) is 5.75 Å². The highest BCUT2D eigenvalue weighted by Gasteiger charge is 2.24. The number of hydrogen-bond donors (Lipinski definition) is 0. The fraction of sp³-hybridized carbons (Fsp3) is 0.136. The van der Waals surface area contributed by atoms with Crippen molar-refractivity contribution >= 4 is 55.7 Å². The Labute approximate surface area is 190 Å². The van der Waals surface area contributed by atoms with E-state index in [9.17, 15) is 10.1 Å². The van der Waals surface area contributed by atoms with Crippen LogP contribution in [-0.2, 0) is 4.79 Å². The number of para-hydroxylation sites is 1. The van der Waals surface area contributed by atoms with Crippen LogP contribution in [0.15, 0.2) is 63.4 Å². The molecule has 0 aliphatic rings. The molecular weight excluding hydrogens is 480 g/mol. The molecule has 5 nitrogen and oxygen atoms in total. The lowest BCUT2D eigenvalue weighted by atomic mass is 10.1. The molecule has 30 heavy (non-hydrogen) atoms. The summed E-state index contributed by atoms with van der Waals surface area (Å²) in [4.78, 5) is 26.5. The van der Waals surface area contributed by atoms with Gasteiger partial charge < -0.3 is 0 Å². The van der Waals surface area contributed by atoms with Crippen LogP contribution in [0, 0.1) is 18.3 Å². The Morgan fingerprint density at radius 2 is 1.93 bits per heavy atom. The van der Waals surface area contributed by atoms with Crippen molar-refractivity contribution in [3.05, 3.63) is 69.1 Å². The summed E-state index contributed by atoms with van der Waals surface area (Å²) in [5.41, 5.74) is 2.52. The maximum Gasteiger partial charge on any atom is 0.167 e. The van der Waals surface area contributed by atoms with Gasteiger partial charge in [-0.1, -0.05) is 58.0 Å². The van der Waals surface area contributed by atoms with Gasteiger partial charge in [0.05, 0.1) is 17.3 Å². The summed E-state index contributed by atoms with van der Waals surface area (Å²) in [5.74, 6) is -0.291. The molecule has 2 aromatic heterocycles. The number of carbonyl (C=O) groups is 1. The van der Waals surface area contributed by atoms with Crippen molar-refractivity contribution in [3.8, 4) is 17.5 Å². The number of halogens is 1. The van der Waals surface area contributed by atoms with Gasteiger partial charge in [0.15, 0.2) is 17.5 Å². The Hall–Kier alpha value is -2.60. The van der Waals surface area contributed by atoms with Gasteiger partial charge in [0.25, 0.3) is 0 Å². The Morgan fingerprint density at radius 3 is 2.63 bits per heavy atom. The zero-order valence-corrected chi connectivity index (χ0v) is 19.1. The molecule has 0 saturated carbocycles. The first-order valence-corrected chi connectivity index (χ1v) is 11.7. The van der Waals surface area contributed by atoms with Crippen LogP contribution in [0.1, 0.15) is 16.6 Å². The fourth-order valence-electron chi connectivity index (χ4n) is 2.88. The third-order valence-electron chi connectivity index (χ3n) is 4.36. The summed E-state index contributed by atoms with van der Waals surface area (Å²) in [5, 5.41) is 13.5. The zero-order valence-electron chi connectivity index (χ0n) is 15.9. The number of fused-ring (bicyclic) bond motifs is 1. The third-order valence-corrected chi connectivity index (χ3v) is 6.93. The summed E-state index contributed by atoms with van der Waals surface area (Å²) in [6, 6.07) is 17.6. The highest BCUT2D eigenvalue weighted by molar-refractivity contribution is 9.10. The normalized spacial score (nSPS) is 11.9. The predicted octanol–water partition coefficient (Wildman–Crippen LogP) is 5.79. The third kappa shape index (κ3) is 4.43. The lowest BCUT2D eigenvalue weighted by Gasteiger charge is -2.09. The molecule has 2 heterocycles. The summed E-state index contributed by atoms with van der Waals surface area (Å²) >= 11 is 6.11. The van der Waals surface area contributed by atoms with Gasteiger partial charge >= 0.3 is 0 Å². The topological polar surface area (TPSA) is 79.5 Å². The van der Waals surface area contributed by atoms with E-state index in [0.29, 0.717) is 10.8 Å². The first-order valence-electron chi connectivity index (χ1n) is 9.05. The van der Waals surface area contributed by atoms with Crippen LogP contribution in [0.25, 0.3) is 22.3 Å². The highest BCUT2D eigenvalue weighted by atomic mass is 79.9. The SMILES string of the molecule is Cc1csc([C@H](C#N)C(=O)CSc2nc(-c3ccc(Br)cc3)nc3ccccc23)n1. The predicted molar refractivity (Wildman–Crippen MR) is 124 cm³/mol. The Morgan fingerprint density at radius 1 is 1.17 bits per heavy atom. The number of thioether (sulfide) groups is 1. The van der Waals surface area contributed by atoms with E-state index in [-0.39, 0.29) is 11.5 Å². The molecule has 0 spiro atoms. The van der Waals surface area contributed by atoms with E-state index in [1.807, 2.05) is 60.8 Å². The zero-order chi connectivity index (χ0) is 21.1. The number of carbonyl (C=O) groups excluding carboxylic acids is 1. The van der Waals surface area contributed by atoms with Gasteiger partial charge in [-0.15, -0.1) is 11.3 Å². The monoisotopic (exact) mass is 494 g/mol. The van der Waals surface area contributed by atoms with Gasteiger partial charge in [-0.25, -0.2) is 15.0 Å². The van der Waals surface area contributed by atoms with Crippen molar-refractivity contribution in [2.45, 2.75) is 17.9 Å². The summed E-state index contributed by atoms with van der Waals surface area (Å²) in [6.45, 7) is 1.85. The minimum atomic E-state index is -0.852. The molecule has 0 saturated heterocycles. The number of nitriles is 1. The Bertz CT molecular complexity index is 1260. The fourth-order valence-corrected chi connectivity index (χ4v) is 4.93. The minimum absolute atomic E-state index is 0.137. The standard InChI is InChI=1S/C22H15BrN4OS2/c1-13-11-29-22(25-13)17(10-24)19(28)12-30-21-16-4-2-3-5-18(16)26-20(27-21)14-6-8-15(23)9-7-14/h2-9,11,17H,12H2,1H3/t17-/m1/s1. The van der Waals surface area contributed by atoms with E-state index in [4.69, 9.17) is 4.98 Å². The molecule has 0 radical (unpaired) electrons. The van der Waals surface area contributed by atoms with Crippen molar-refractivity contribution in [2.24, 2.45) is 0 Å². The van der Waals surface area contributed by atoms with Crippen LogP contribution in [0.2, 0.25) is 0 Å². The van der Waals surface area contributed by atoms with Gasteiger partial charge in [-0.05, 0) is 25.1 Å². The number of aromatic nitrogens is 3. The summed E-state index contributed by atoms with van der Waals surface area (Å²) in [7, 11) is 0. The van der Waals surface area contributed by atoms with Crippen molar-refractivity contribution in [1.82, 2.24) is 15.0 Å². The first kappa shape index (κ1) is 20.7. The molecule has 148 valence electrons.